The number of aromatic nitrogens is 5. The van der Waals surface area contributed by atoms with Gasteiger partial charge in [0.1, 0.15) is 10.9 Å². The molecule has 96 valence electrons. The maximum absolute atomic E-state index is 6.06. The van der Waals surface area contributed by atoms with Crippen LogP contribution >= 0.6 is 35.0 Å². The minimum Gasteiger partial charge on any atom is -0.274 e. The predicted octanol–water partition coefficient (Wildman–Crippen LogP) is 3.29. The number of aryl methyl sites for hydroxylation is 1. The Morgan fingerprint density at radius 2 is 2.11 bits per heavy atom. The summed E-state index contributed by atoms with van der Waals surface area (Å²) in [5, 5.41) is 10.6. The lowest BCUT2D eigenvalue weighted by Gasteiger charge is -2.01. The molecule has 3 aromatic heterocycles. The quantitative estimate of drug-likeness (QED) is 0.680. The Morgan fingerprint density at radius 3 is 2.89 bits per heavy atom. The SMILES string of the molecule is Cc1nccc(Sc2nnc3c(Cl)cc(Cl)cn23)n1. The molecule has 0 spiro atoms. The first-order chi connectivity index (χ1) is 9.13. The van der Waals surface area contributed by atoms with Crippen molar-refractivity contribution in [2.45, 2.75) is 17.1 Å². The fraction of sp³-hybridized carbons (Fsp3) is 0.0909. The number of rotatable bonds is 2. The number of hydrogen-bond donors (Lipinski definition) is 0. The van der Waals surface area contributed by atoms with Crippen molar-refractivity contribution >= 4 is 40.6 Å². The Morgan fingerprint density at radius 1 is 1.26 bits per heavy atom. The standard InChI is InChI=1S/C11H7Cl2N5S/c1-6-14-3-2-9(15-6)19-11-17-16-10-8(13)4-7(12)5-18(10)11/h2-5H,1H3. The van der Waals surface area contributed by atoms with Gasteiger partial charge in [-0.25, -0.2) is 9.97 Å². The Labute approximate surface area is 123 Å². The summed E-state index contributed by atoms with van der Waals surface area (Å²) in [6.45, 7) is 1.83. The van der Waals surface area contributed by atoms with Gasteiger partial charge in [0.2, 0.25) is 5.16 Å². The molecule has 0 saturated carbocycles. The molecule has 3 aromatic rings. The van der Waals surface area contributed by atoms with Gasteiger partial charge in [-0.15, -0.1) is 10.2 Å². The second-order valence-electron chi connectivity index (χ2n) is 3.73. The molecule has 0 unspecified atom stereocenters. The molecule has 3 heterocycles. The van der Waals surface area contributed by atoms with Crippen LogP contribution in [0.15, 0.2) is 34.7 Å². The van der Waals surface area contributed by atoms with Gasteiger partial charge in [0.15, 0.2) is 5.65 Å². The van der Waals surface area contributed by atoms with E-state index in [9.17, 15) is 0 Å². The van der Waals surface area contributed by atoms with Gasteiger partial charge in [-0.3, -0.25) is 4.40 Å². The molecule has 19 heavy (non-hydrogen) atoms. The van der Waals surface area contributed by atoms with Crippen LogP contribution in [0.25, 0.3) is 5.65 Å². The summed E-state index contributed by atoms with van der Waals surface area (Å²) in [6, 6.07) is 3.45. The van der Waals surface area contributed by atoms with Crippen molar-refractivity contribution < 1.29 is 0 Å². The van der Waals surface area contributed by atoms with Crippen molar-refractivity contribution in [1.29, 1.82) is 0 Å². The molecule has 8 heteroatoms. The van der Waals surface area contributed by atoms with Crippen molar-refractivity contribution in [3.63, 3.8) is 0 Å². The Kier molecular flexibility index (Phi) is 3.30. The van der Waals surface area contributed by atoms with Gasteiger partial charge < -0.3 is 0 Å². The lowest BCUT2D eigenvalue weighted by atomic mass is 10.5. The van der Waals surface area contributed by atoms with E-state index >= 15 is 0 Å². The summed E-state index contributed by atoms with van der Waals surface area (Å²) in [7, 11) is 0. The van der Waals surface area contributed by atoms with Gasteiger partial charge in [0, 0.05) is 12.4 Å². The monoisotopic (exact) mass is 311 g/mol. The van der Waals surface area contributed by atoms with Crippen LogP contribution in [0.1, 0.15) is 5.82 Å². The van der Waals surface area contributed by atoms with Crippen molar-refractivity contribution in [3.8, 4) is 0 Å². The van der Waals surface area contributed by atoms with Crippen LogP contribution in [0.4, 0.5) is 0 Å². The van der Waals surface area contributed by atoms with Crippen molar-refractivity contribution in [3.05, 3.63) is 40.4 Å². The van der Waals surface area contributed by atoms with Gasteiger partial charge in [-0.1, -0.05) is 23.2 Å². The topological polar surface area (TPSA) is 56.0 Å². The first kappa shape index (κ1) is 12.7. The number of pyridine rings is 1. The highest BCUT2D eigenvalue weighted by Crippen LogP contribution is 2.28. The molecular formula is C11H7Cl2N5S. The minimum atomic E-state index is 0.464. The maximum atomic E-state index is 6.06. The smallest absolute Gasteiger partial charge is 0.201 e. The third-order valence-corrected chi connectivity index (χ3v) is 3.72. The second kappa shape index (κ2) is 4.96. The molecule has 0 aliphatic rings. The van der Waals surface area contributed by atoms with Gasteiger partial charge in [0.25, 0.3) is 0 Å². The van der Waals surface area contributed by atoms with Crippen LogP contribution in [0, 0.1) is 6.92 Å². The van der Waals surface area contributed by atoms with E-state index in [4.69, 9.17) is 23.2 Å². The first-order valence-corrected chi connectivity index (χ1v) is 6.88. The average molecular weight is 312 g/mol. The van der Waals surface area contributed by atoms with E-state index in [0.29, 0.717) is 26.7 Å². The third-order valence-electron chi connectivity index (χ3n) is 2.34. The Balaban J connectivity index is 2.06. The molecule has 0 amide bonds. The zero-order valence-corrected chi connectivity index (χ0v) is 12.0. The lowest BCUT2D eigenvalue weighted by Crippen LogP contribution is -1.91. The van der Waals surface area contributed by atoms with E-state index in [2.05, 4.69) is 20.2 Å². The summed E-state index contributed by atoms with van der Waals surface area (Å²) < 4.78 is 1.74. The molecule has 0 saturated heterocycles. The molecular weight excluding hydrogens is 305 g/mol. The zero-order valence-electron chi connectivity index (χ0n) is 9.71. The van der Waals surface area contributed by atoms with E-state index < -0.39 is 0 Å². The minimum absolute atomic E-state index is 0.464. The van der Waals surface area contributed by atoms with Crippen LogP contribution < -0.4 is 0 Å². The fourth-order valence-electron chi connectivity index (χ4n) is 1.56. The average Bonchev–Trinajstić information content (AvgIpc) is 2.73. The molecule has 0 aromatic carbocycles. The van der Waals surface area contributed by atoms with E-state index in [0.717, 1.165) is 5.03 Å². The van der Waals surface area contributed by atoms with Gasteiger partial charge in [-0.2, -0.15) is 0 Å². The number of halogens is 2. The summed E-state index contributed by atoms with van der Waals surface area (Å²) in [6.07, 6.45) is 3.42. The molecule has 0 fully saturated rings. The van der Waals surface area contributed by atoms with Crippen LogP contribution in [-0.2, 0) is 0 Å². The van der Waals surface area contributed by atoms with E-state index in [1.807, 2.05) is 13.0 Å². The summed E-state index contributed by atoms with van der Waals surface area (Å²) in [5.74, 6) is 0.704. The van der Waals surface area contributed by atoms with Crippen LogP contribution in [-0.4, -0.2) is 24.6 Å². The largest absolute Gasteiger partial charge is 0.274 e. The number of nitrogens with zero attached hydrogens (tertiary/aromatic N) is 5. The zero-order chi connectivity index (χ0) is 13.4. The summed E-state index contributed by atoms with van der Waals surface area (Å²) in [4.78, 5) is 8.35. The molecule has 3 rings (SSSR count). The molecule has 0 aliphatic heterocycles. The van der Waals surface area contributed by atoms with Crippen molar-refractivity contribution in [2.75, 3.05) is 0 Å². The molecule has 0 atom stereocenters. The highest BCUT2D eigenvalue weighted by atomic mass is 35.5. The van der Waals surface area contributed by atoms with E-state index in [1.165, 1.54) is 11.8 Å². The number of fused-ring (bicyclic) bond motifs is 1. The van der Waals surface area contributed by atoms with Crippen LogP contribution in [0.5, 0.6) is 0 Å². The number of hydrogen-bond acceptors (Lipinski definition) is 5. The molecule has 5 nitrogen and oxygen atoms in total. The first-order valence-electron chi connectivity index (χ1n) is 5.31. The molecule has 0 radical (unpaired) electrons. The lowest BCUT2D eigenvalue weighted by molar-refractivity contribution is 0.907. The van der Waals surface area contributed by atoms with E-state index in [1.54, 1.807) is 22.9 Å². The predicted molar refractivity (Wildman–Crippen MR) is 73.9 cm³/mol. The second-order valence-corrected chi connectivity index (χ2v) is 5.56. The van der Waals surface area contributed by atoms with Crippen molar-refractivity contribution in [1.82, 2.24) is 24.6 Å². The summed E-state index contributed by atoms with van der Waals surface area (Å²) >= 11 is 13.4. The highest BCUT2D eigenvalue weighted by Gasteiger charge is 2.11. The molecule has 0 bridgehead atoms. The van der Waals surface area contributed by atoms with Crippen LogP contribution in [0.2, 0.25) is 10.0 Å². The van der Waals surface area contributed by atoms with Crippen molar-refractivity contribution in [2.24, 2.45) is 0 Å². The van der Waals surface area contributed by atoms with Gasteiger partial charge in [0.05, 0.1) is 10.0 Å². The van der Waals surface area contributed by atoms with Gasteiger partial charge >= 0.3 is 0 Å². The van der Waals surface area contributed by atoms with Crippen LogP contribution in [0.3, 0.4) is 0 Å². The maximum Gasteiger partial charge on any atom is 0.201 e. The summed E-state index contributed by atoms with van der Waals surface area (Å²) in [5.41, 5.74) is 0.569. The highest BCUT2D eigenvalue weighted by molar-refractivity contribution is 7.99. The third kappa shape index (κ3) is 2.51. The molecule has 0 N–H and O–H groups in total. The fourth-order valence-corrected chi connectivity index (χ4v) is 2.88. The molecule has 0 aliphatic carbocycles. The van der Waals surface area contributed by atoms with Gasteiger partial charge in [-0.05, 0) is 30.8 Å². The Bertz CT molecular complexity index is 758. The normalized spacial score (nSPS) is 11.1. The Hall–Kier alpha value is -1.37. The van der Waals surface area contributed by atoms with E-state index in [-0.39, 0.29) is 0 Å².